The average molecular weight is 161 g/mol. The van der Waals surface area contributed by atoms with Crippen LogP contribution < -0.4 is 5.32 Å². The molecule has 1 saturated heterocycles. The van der Waals surface area contributed by atoms with Crippen LogP contribution in [0.3, 0.4) is 0 Å². The highest BCUT2D eigenvalue weighted by Crippen LogP contribution is 2.25. The van der Waals surface area contributed by atoms with Crippen molar-refractivity contribution in [3.8, 4) is 0 Å². The van der Waals surface area contributed by atoms with E-state index in [0.29, 0.717) is 6.42 Å². The van der Waals surface area contributed by atoms with Crippen LogP contribution in [0.15, 0.2) is 24.3 Å². The highest BCUT2D eigenvalue weighted by molar-refractivity contribution is 5.83. The molecule has 1 amide bonds. The molecular weight excluding hydrogens is 150 g/mol. The molecule has 1 aliphatic rings. The van der Waals surface area contributed by atoms with E-state index in [-0.39, 0.29) is 11.9 Å². The molecule has 0 bridgehead atoms. The molecule has 1 fully saturated rings. The first kappa shape index (κ1) is 7.35. The fourth-order valence-corrected chi connectivity index (χ4v) is 1.52. The molecular formula is C10H11NO. The van der Waals surface area contributed by atoms with Gasteiger partial charge in [-0.15, -0.1) is 0 Å². The number of aryl methyl sites for hydroxylation is 1. The zero-order valence-corrected chi connectivity index (χ0v) is 7.00. The zero-order valence-electron chi connectivity index (χ0n) is 7.00. The van der Waals surface area contributed by atoms with Crippen LogP contribution in [-0.4, -0.2) is 5.91 Å². The van der Waals surface area contributed by atoms with E-state index in [2.05, 4.69) is 24.4 Å². The second-order valence-electron chi connectivity index (χ2n) is 3.18. The Labute approximate surface area is 71.6 Å². The topological polar surface area (TPSA) is 29.1 Å². The van der Waals surface area contributed by atoms with Crippen molar-refractivity contribution in [2.75, 3.05) is 0 Å². The lowest BCUT2D eigenvalue weighted by Gasteiger charge is -2.28. The first-order valence-electron chi connectivity index (χ1n) is 4.12. The lowest BCUT2D eigenvalue weighted by molar-refractivity contribution is -0.128. The Balaban J connectivity index is 2.23. The van der Waals surface area contributed by atoms with E-state index in [4.69, 9.17) is 0 Å². The van der Waals surface area contributed by atoms with Gasteiger partial charge in [0.1, 0.15) is 0 Å². The Morgan fingerprint density at radius 2 is 2.08 bits per heavy atom. The monoisotopic (exact) mass is 161 g/mol. The highest BCUT2D eigenvalue weighted by Gasteiger charge is 2.27. The number of nitrogens with one attached hydrogen (secondary N) is 1. The molecule has 1 atom stereocenters. The maximum absolute atomic E-state index is 10.7. The summed E-state index contributed by atoms with van der Waals surface area (Å²) in [5.74, 6) is 0.156. The molecule has 0 unspecified atom stereocenters. The van der Waals surface area contributed by atoms with Gasteiger partial charge < -0.3 is 5.32 Å². The summed E-state index contributed by atoms with van der Waals surface area (Å²) in [5.41, 5.74) is 2.50. The highest BCUT2D eigenvalue weighted by atomic mass is 16.2. The third-order valence-electron chi connectivity index (χ3n) is 2.29. The number of amides is 1. The summed E-state index contributed by atoms with van der Waals surface area (Å²) in [6.45, 7) is 2.07. The molecule has 0 spiro atoms. The molecule has 1 aliphatic heterocycles. The van der Waals surface area contributed by atoms with E-state index in [1.165, 1.54) is 11.1 Å². The second-order valence-corrected chi connectivity index (χ2v) is 3.18. The van der Waals surface area contributed by atoms with Gasteiger partial charge in [-0.3, -0.25) is 4.79 Å². The van der Waals surface area contributed by atoms with Crippen molar-refractivity contribution < 1.29 is 4.79 Å². The Hall–Kier alpha value is -1.31. The summed E-state index contributed by atoms with van der Waals surface area (Å²) in [4.78, 5) is 10.7. The largest absolute Gasteiger partial charge is 0.349 e. The summed E-state index contributed by atoms with van der Waals surface area (Å²) < 4.78 is 0. The van der Waals surface area contributed by atoms with Gasteiger partial charge in [0.2, 0.25) is 5.91 Å². The molecule has 2 heteroatoms. The van der Waals surface area contributed by atoms with Gasteiger partial charge >= 0.3 is 0 Å². The number of carbonyl (C=O) groups excluding carboxylic acids is 1. The second kappa shape index (κ2) is 2.63. The van der Waals surface area contributed by atoms with Gasteiger partial charge in [0, 0.05) is 0 Å². The van der Waals surface area contributed by atoms with Crippen molar-refractivity contribution in [3.63, 3.8) is 0 Å². The molecule has 1 N–H and O–H groups in total. The Morgan fingerprint density at radius 1 is 1.42 bits per heavy atom. The molecule has 0 aromatic heterocycles. The van der Waals surface area contributed by atoms with E-state index < -0.39 is 0 Å². The molecule has 2 nitrogen and oxygen atoms in total. The summed E-state index contributed by atoms with van der Waals surface area (Å²) in [7, 11) is 0. The van der Waals surface area contributed by atoms with Crippen molar-refractivity contribution in [3.05, 3.63) is 35.4 Å². The minimum atomic E-state index is 0.156. The van der Waals surface area contributed by atoms with Crippen LogP contribution in [0.1, 0.15) is 23.6 Å². The van der Waals surface area contributed by atoms with Crippen molar-refractivity contribution >= 4 is 5.91 Å². The molecule has 0 radical (unpaired) electrons. The third-order valence-corrected chi connectivity index (χ3v) is 2.29. The third kappa shape index (κ3) is 1.09. The van der Waals surface area contributed by atoms with Crippen LogP contribution in [0.4, 0.5) is 0 Å². The lowest BCUT2D eigenvalue weighted by atomic mass is 9.94. The van der Waals surface area contributed by atoms with E-state index in [1.54, 1.807) is 0 Å². The van der Waals surface area contributed by atoms with Gasteiger partial charge in [-0.25, -0.2) is 0 Å². The van der Waals surface area contributed by atoms with Gasteiger partial charge in [0.15, 0.2) is 0 Å². The number of hydrogen-bond donors (Lipinski definition) is 1. The van der Waals surface area contributed by atoms with Crippen LogP contribution in [-0.2, 0) is 4.79 Å². The van der Waals surface area contributed by atoms with E-state index in [0.717, 1.165) is 0 Å². The van der Waals surface area contributed by atoms with Gasteiger partial charge in [-0.1, -0.05) is 24.3 Å². The van der Waals surface area contributed by atoms with Crippen molar-refractivity contribution in [2.24, 2.45) is 0 Å². The quantitative estimate of drug-likeness (QED) is 0.622. The van der Waals surface area contributed by atoms with E-state index in [1.807, 2.05) is 12.1 Å². The number of hydrogen-bond acceptors (Lipinski definition) is 1. The van der Waals surface area contributed by atoms with Crippen molar-refractivity contribution in [1.82, 2.24) is 5.32 Å². The standard InChI is InChI=1S/C10H11NO/c1-7-4-2-3-5-8(7)9-6-10(12)11-9/h2-5,9H,6H2,1H3,(H,11,12)/t9-/m0/s1. The number of carbonyl (C=O) groups is 1. The van der Waals surface area contributed by atoms with Crippen LogP contribution >= 0.6 is 0 Å². The molecule has 2 rings (SSSR count). The Morgan fingerprint density at radius 3 is 2.67 bits per heavy atom. The van der Waals surface area contributed by atoms with Crippen molar-refractivity contribution in [2.45, 2.75) is 19.4 Å². The Bertz CT molecular complexity index is 311. The molecule has 62 valence electrons. The smallest absolute Gasteiger partial charge is 0.222 e. The van der Waals surface area contributed by atoms with Crippen LogP contribution in [0.2, 0.25) is 0 Å². The predicted octanol–water partition coefficient (Wildman–Crippen LogP) is 1.56. The first-order valence-corrected chi connectivity index (χ1v) is 4.12. The summed E-state index contributed by atoms with van der Waals surface area (Å²) >= 11 is 0. The normalized spacial score (nSPS) is 21.4. The van der Waals surface area contributed by atoms with Crippen molar-refractivity contribution in [1.29, 1.82) is 0 Å². The minimum absolute atomic E-state index is 0.156. The minimum Gasteiger partial charge on any atom is -0.349 e. The number of rotatable bonds is 1. The summed E-state index contributed by atoms with van der Waals surface area (Å²) in [6.07, 6.45) is 0.644. The fraction of sp³-hybridized carbons (Fsp3) is 0.300. The first-order chi connectivity index (χ1) is 5.77. The van der Waals surface area contributed by atoms with Crippen LogP contribution in [0.25, 0.3) is 0 Å². The van der Waals surface area contributed by atoms with Gasteiger partial charge in [-0.05, 0) is 18.1 Å². The number of β-lactam (4-membered cyclic amide) rings is 1. The lowest BCUT2D eigenvalue weighted by Crippen LogP contribution is -2.41. The fourth-order valence-electron chi connectivity index (χ4n) is 1.52. The molecule has 12 heavy (non-hydrogen) atoms. The Kier molecular flexibility index (Phi) is 1.61. The number of benzene rings is 1. The summed E-state index contributed by atoms with van der Waals surface area (Å²) in [5, 5.41) is 2.86. The predicted molar refractivity (Wildman–Crippen MR) is 46.7 cm³/mol. The van der Waals surface area contributed by atoms with Gasteiger partial charge in [0.05, 0.1) is 12.5 Å². The SMILES string of the molecule is Cc1ccccc1[C@@H]1CC(=O)N1. The maximum Gasteiger partial charge on any atom is 0.222 e. The van der Waals surface area contributed by atoms with E-state index >= 15 is 0 Å². The summed E-state index contributed by atoms with van der Waals surface area (Å²) in [6, 6.07) is 8.42. The zero-order chi connectivity index (χ0) is 8.55. The van der Waals surface area contributed by atoms with Crippen LogP contribution in [0, 0.1) is 6.92 Å². The molecule has 0 saturated carbocycles. The molecule has 1 aromatic rings. The molecule has 1 aromatic carbocycles. The van der Waals surface area contributed by atoms with Gasteiger partial charge in [-0.2, -0.15) is 0 Å². The van der Waals surface area contributed by atoms with E-state index in [9.17, 15) is 4.79 Å². The average Bonchev–Trinajstić information content (AvgIpc) is 2.01. The van der Waals surface area contributed by atoms with Gasteiger partial charge in [0.25, 0.3) is 0 Å². The maximum atomic E-state index is 10.7. The molecule has 0 aliphatic carbocycles. The molecule has 1 heterocycles. The van der Waals surface area contributed by atoms with Crippen LogP contribution in [0.5, 0.6) is 0 Å².